The van der Waals surface area contributed by atoms with Crippen LogP contribution in [-0.4, -0.2) is 60.4 Å². The van der Waals surface area contributed by atoms with Gasteiger partial charge in [-0.2, -0.15) is 0 Å². The third-order valence-corrected chi connectivity index (χ3v) is 3.61. The van der Waals surface area contributed by atoms with Crippen molar-refractivity contribution in [3.05, 3.63) is 0 Å². The summed E-state index contributed by atoms with van der Waals surface area (Å²) in [5.41, 5.74) is 0. The zero-order chi connectivity index (χ0) is 12.3. The first-order valence-electron chi connectivity index (χ1n) is 6.46. The van der Waals surface area contributed by atoms with Crippen molar-refractivity contribution in [3.8, 4) is 0 Å². The Hall–Kier alpha value is -0.810. The zero-order valence-electron chi connectivity index (χ0n) is 10.9. The Labute approximate surface area is 114 Å². The highest BCUT2D eigenvalue weighted by molar-refractivity contribution is 5.85. The molecule has 6 heteroatoms. The fraction of sp³-hybridized carbons (Fsp3) is 0.833. The van der Waals surface area contributed by atoms with Gasteiger partial charge < -0.3 is 15.1 Å². The van der Waals surface area contributed by atoms with Crippen LogP contribution in [0.3, 0.4) is 0 Å². The topological polar surface area (TPSA) is 52.7 Å². The van der Waals surface area contributed by atoms with Crippen molar-refractivity contribution in [1.82, 2.24) is 15.1 Å². The number of hydrogen-bond acceptors (Lipinski definition) is 3. The van der Waals surface area contributed by atoms with Crippen LogP contribution < -0.4 is 5.32 Å². The maximum atomic E-state index is 12.2. The molecule has 2 amide bonds. The van der Waals surface area contributed by atoms with Gasteiger partial charge in [0, 0.05) is 33.1 Å². The smallest absolute Gasteiger partial charge is 0.239 e. The molecular formula is C12H22ClN3O2. The van der Waals surface area contributed by atoms with Crippen molar-refractivity contribution < 1.29 is 9.59 Å². The molecule has 0 aromatic carbocycles. The summed E-state index contributed by atoms with van der Waals surface area (Å²) >= 11 is 0. The van der Waals surface area contributed by atoms with Gasteiger partial charge in [-0.3, -0.25) is 9.59 Å². The van der Waals surface area contributed by atoms with E-state index in [4.69, 9.17) is 0 Å². The lowest BCUT2D eigenvalue weighted by atomic mass is 10.2. The van der Waals surface area contributed by atoms with Gasteiger partial charge in [-0.1, -0.05) is 0 Å². The molecule has 2 aliphatic rings. The Balaban J connectivity index is 0.00000162. The molecule has 1 unspecified atom stereocenters. The van der Waals surface area contributed by atoms with Crippen LogP contribution in [0, 0.1) is 0 Å². The molecule has 2 saturated heterocycles. The molecule has 0 aromatic rings. The maximum Gasteiger partial charge on any atom is 0.239 e. The van der Waals surface area contributed by atoms with Crippen molar-refractivity contribution >= 4 is 24.2 Å². The SMILES string of the molecule is CC(=O)N1CCCN(C(=O)C2CCCN2)CC1.Cl. The largest absolute Gasteiger partial charge is 0.341 e. The normalized spacial score (nSPS) is 24.4. The Morgan fingerprint density at radius 2 is 1.72 bits per heavy atom. The van der Waals surface area contributed by atoms with E-state index in [-0.39, 0.29) is 30.3 Å². The van der Waals surface area contributed by atoms with E-state index in [0.717, 1.165) is 38.9 Å². The van der Waals surface area contributed by atoms with Crippen LogP contribution in [0.25, 0.3) is 0 Å². The molecule has 0 spiro atoms. The third-order valence-electron chi connectivity index (χ3n) is 3.61. The van der Waals surface area contributed by atoms with Crippen LogP contribution in [-0.2, 0) is 9.59 Å². The summed E-state index contributed by atoms with van der Waals surface area (Å²) in [7, 11) is 0. The third kappa shape index (κ3) is 3.59. The van der Waals surface area contributed by atoms with Gasteiger partial charge in [0.15, 0.2) is 0 Å². The minimum Gasteiger partial charge on any atom is -0.341 e. The number of carbonyl (C=O) groups excluding carboxylic acids is 2. The maximum absolute atomic E-state index is 12.2. The van der Waals surface area contributed by atoms with Crippen molar-refractivity contribution in [2.45, 2.75) is 32.2 Å². The molecule has 18 heavy (non-hydrogen) atoms. The second kappa shape index (κ2) is 6.95. The van der Waals surface area contributed by atoms with E-state index in [0.29, 0.717) is 13.1 Å². The summed E-state index contributed by atoms with van der Waals surface area (Å²) in [4.78, 5) is 27.2. The van der Waals surface area contributed by atoms with E-state index in [2.05, 4.69) is 5.32 Å². The van der Waals surface area contributed by atoms with Crippen LogP contribution in [0.15, 0.2) is 0 Å². The molecule has 0 aliphatic carbocycles. The first-order valence-corrected chi connectivity index (χ1v) is 6.46. The van der Waals surface area contributed by atoms with Crippen LogP contribution in [0.4, 0.5) is 0 Å². The molecule has 0 aromatic heterocycles. The summed E-state index contributed by atoms with van der Waals surface area (Å²) in [6.45, 7) is 5.45. The number of nitrogens with one attached hydrogen (secondary N) is 1. The zero-order valence-corrected chi connectivity index (χ0v) is 11.7. The highest BCUT2D eigenvalue weighted by Gasteiger charge is 2.28. The molecule has 2 aliphatic heterocycles. The molecule has 2 heterocycles. The van der Waals surface area contributed by atoms with Crippen molar-refractivity contribution in [3.63, 3.8) is 0 Å². The molecule has 0 radical (unpaired) electrons. The average molecular weight is 276 g/mol. The summed E-state index contributed by atoms with van der Waals surface area (Å²) in [6, 6.07) is 0.0129. The van der Waals surface area contributed by atoms with Gasteiger partial charge in [0.2, 0.25) is 11.8 Å². The quantitative estimate of drug-likeness (QED) is 0.746. The van der Waals surface area contributed by atoms with Crippen LogP contribution >= 0.6 is 12.4 Å². The number of hydrogen-bond donors (Lipinski definition) is 1. The standard InChI is InChI=1S/C12H21N3O2.ClH/c1-10(16)14-6-3-7-15(9-8-14)12(17)11-4-2-5-13-11;/h11,13H,2-9H2,1H3;1H. The fourth-order valence-corrected chi connectivity index (χ4v) is 2.57. The number of halogens is 1. The number of rotatable bonds is 1. The van der Waals surface area contributed by atoms with E-state index in [9.17, 15) is 9.59 Å². The van der Waals surface area contributed by atoms with Crippen molar-refractivity contribution in [2.75, 3.05) is 32.7 Å². The van der Waals surface area contributed by atoms with Gasteiger partial charge in [0.05, 0.1) is 6.04 Å². The van der Waals surface area contributed by atoms with Gasteiger partial charge in [0.1, 0.15) is 0 Å². The Morgan fingerprint density at radius 3 is 2.33 bits per heavy atom. The summed E-state index contributed by atoms with van der Waals surface area (Å²) < 4.78 is 0. The molecule has 1 N–H and O–H groups in total. The lowest BCUT2D eigenvalue weighted by Gasteiger charge is -2.24. The highest BCUT2D eigenvalue weighted by Crippen LogP contribution is 2.11. The molecule has 5 nitrogen and oxygen atoms in total. The molecule has 2 fully saturated rings. The molecular weight excluding hydrogens is 254 g/mol. The number of amides is 2. The molecule has 0 saturated carbocycles. The van der Waals surface area contributed by atoms with Crippen molar-refractivity contribution in [2.24, 2.45) is 0 Å². The van der Waals surface area contributed by atoms with Gasteiger partial charge in [-0.15, -0.1) is 12.4 Å². The lowest BCUT2D eigenvalue weighted by Crippen LogP contribution is -2.45. The van der Waals surface area contributed by atoms with Crippen molar-refractivity contribution in [1.29, 1.82) is 0 Å². The van der Waals surface area contributed by atoms with Gasteiger partial charge in [-0.05, 0) is 25.8 Å². The predicted octanol–water partition coefficient (Wildman–Crippen LogP) is 0.241. The molecule has 2 rings (SSSR count). The van der Waals surface area contributed by atoms with E-state index in [1.165, 1.54) is 0 Å². The molecule has 0 bridgehead atoms. The second-order valence-corrected chi connectivity index (χ2v) is 4.83. The number of nitrogens with zero attached hydrogens (tertiary/aromatic N) is 2. The van der Waals surface area contributed by atoms with Gasteiger partial charge in [-0.25, -0.2) is 0 Å². The fourth-order valence-electron chi connectivity index (χ4n) is 2.57. The minimum atomic E-state index is 0. The highest BCUT2D eigenvalue weighted by atomic mass is 35.5. The predicted molar refractivity (Wildman–Crippen MR) is 71.7 cm³/mol. The molecule has 104 valence electrons. The molecule has 1 atom stereocenters. The Kier molecular flexibility index (Phi) is 5.88. The van der Waals surface area contributed by atoms with Crippen LogP contribution in [0.1, 0.15) is 26.2 Å². The van der Waals surface area contributed by atoms with Crippen LogP contribution in [0.5, 0.6) is 0 Å². The Morgan fingerprint density at radius 1 is 1.06 bits per heavy atom. The van der Waals surface area contributed by atoms with E-state index >= 15 is 0 Å². The van der Waals surface area contributed by atoms with Gasteiger partial charge in [0.25, 0.3) is 0 Å². The van der Waals surface area contributed by atoms with Gasteiger partial charge >= 0.3 is 0 Å². The minimum absolute atomic E-state index is 0. The van der Waals surface area contributed by atoms with E-state index < -0.39 is 0 Å². The Bertz CT molecular complexity index is 306. The summed E-state index contributed by atoms with van der Waals surface area (Å²) in [5, 5.41) is 3.24. The second-order valence-electron chi connectivity index (χ2n) is 4.83. The first-order chi connectivity index (χ1) is 8.18. The monoisotopic (exact) mass is 275 g/mol. The number of carbonyl (C=O) groups is 2. The van der Waals surface area contributed by atoms with E-state index in [1.54, 1.807) is 6.92 Å². The van der Waals surface area contributed by atoms with Crippen LogP contribution in [0.2, 0.25) is 0 Å². The lowest BCUT2D eigenvalue weighted by molar-refractivity contribution is -0.134. The van der Waals surface area contributed by atoms with E-state index in [1.807, 2.05) is 9.80 Å². The summed E-state index contributed by atoms with van der Waals surface area (Å²) in [5.74, 6) is 0.325. The summed E-state index contributed by atoms with van der Waals surface area (Å²) in [6.07, 6.45) is 2.92. The average Bonchev–Trinajstić information content (AvgIpc) is 2.71. The first kappa shape index (κ1) is 15.2.